The van der Waals surface area contributed by atoms with Crippen LogP contribution in [-0.4, -0.2) is 53.8 Å². The minimum Gasteiger partial charge on any atom is -0.496 e. The predicted molar refractivity (Wildman–Crippen MR) is 106 cm³/mol. The molecule has 8 nitrogen and oxygen atoms in total. The van der Waals surface area contributed by atoms with Crippen LogP contribution < -0.4 is 4.74 Å². The van der Waals surface area contributed by atoms with E-state index in [2.05, 4.69) is 15.1 Å². The van der Waals surface area contributed by atoms with E-state index < -0.39 is 0 Å². The van der Waals surface area contributed by atoms with Gasteiger partial charge in [-0.2, -0.15) is 4.98 Å². The zero-order valence-electron chi connectivity index (χ0n) is 16.7. The highest BCUT2D eigenvalue weighted by atomic mass is 16.5. The third-order valence-corrected chi connectivity index (χ3v) is 4.58. The van der Waals surface area contributed by atoms with E-state index >= 15 is 0 Å². The number of amides is 1. The molecule has 0 N–H and O–H groups in total. The van der Waals surface area contributed by atoms with E-state index in [1.165, 1.54) is 0 Å². The van der Waals surface area contributed by atoms with Crippen LogP contribution in [0, 0.1) is 0 Å². The van der Waals surface area contributed by atoms with E-state index in [0.717, 1.165) is 11.3 Å². The fourth-order valence-corrected chi connectivity index (χ4v) is 2.99. The summed E-state index contributed by atoms with van der Waals surface area (Å²) in [7, 11) is 4.94. The average Bonchev–Trinajstić information content (AvgIpc) is 3.24. The first-order chi connectivity index (χ1) is 14.1. The van der Waals surface area contributed by atoms with Gasteiger partial charge in [0.15, 0.2) is 0 Å². The lowest BCUT2D eigenvalue weighted by Gasteiger charge is -2.27. The van der Waals surface area contributed by atoms with Gasteiger partial charge in [-0.15, -0.1) is 0 Å². The van der Waals surface area contributed by atoms with E-state index in [4.69, 9.17) is 14.0 Å². The summed E-state index contributed by atoms with van der Waals surface area (Å²) < 4.78 is 15.9. The summed E-state index contributed by atoms with van der Waals surface area (Å²) in [5, 5.41) is 4.01. The quantitative estimate of drug-likeness (QED) is 0.549. The van der Waals surface area contributed by atoms with Crippen molar-refractivity contribution in [2.24, 2.45) is 0 Å². The van der Waals surface area contributed by atoms with Gasteiger partial charge >= 0.3 is 0 Å². The molecule has 2 aromatic heterocycles. The van der Waals surface area contributed by atoms with E-state index in [0.29, 0.717) is 30.5 Å². The van der Waals surface area contributed by atoms with Crippen molar-refractivity contribution in [3.8, 4) is 17.1 Å². The van der Waals surface area contributed by atoms with Gasteiger partial charge in [0.2, 0.25) is 17.6 Å². The van der Waals surface area contributed by atoms with Crippen LogP contribution in [0.5, 0.6) is 5.75 Å². The zero-order chi connectivity index (χ0) is 20.6. The number of methoxy groups -OCH3 is 2. The fraction of sp³-hybridized carbons (Fsp3) is 0.333. The predicted octanol–water partition coefficient (Wildman–Crippen LogP) is 2.92. The molecule has 8 heteroatoms. The Morgan fingerprint density at radius 3 is 2.69 bits per heavy atom. The molecule has 152 valence electrons. The summed E-state index contributed by atoms with van der Waals surface area (Å²) in [6.07, 6.45) is 2.28. The molecule has 1 atom stereocenters. The van der Waals surface area contributed by atoms with Gasteiger partial charge in [-0.1, -0.05) is 23.4 Å². The highest BCUT2D eigenvalue weighted by Gasteiger charge is 2.23. The SMILES string of the molecule is COC[C@H](c1ccccn1)N(C)C(=O)CCc1nc(-c2ccccc2OC)no1. The number of pyridine rings is 1. The topological polar surface area (TPSA) is 90.6 Å². The molecule has 1 amide bonds. The Hall–Kier alpha value is -3.26. The lowest BCUT2D eigenvalue weighted by Crippen LogP contribution is -2.34. The van der Waals surface area contributed by atoms with Gasteiger partial charge in [0, 0.05) is 33.2 Å². The molecule has 0 saturated heterocycles. The molecule has 3 aromatic rings. The van der Waals surface area contributed by atoms with Crippen molar-refractivity contribution in [1.29, 1.82) is 0 Å². The van der Waals surface area contributed by atoms with Crippen molar-refractivity contribution in [3.63, 3.8) is 0 Å². The highest BCUT2D eigenvalue weighted by molar-refractivity contribution is 5.76. The molecule has 0 aliphatic heterocycles. The number of carbonyl (C=O) groups excluding carboxylic acids is 1. The van der Waals surface area contributed by atoms with Crippen LogP contribution in [0.25, 0.3) is 11.4 Å². The van der Waals surface area contributed by atoms with Crippen molar-refractivity contribution in [2.45, 2.75) is 18.9 Å². The monoisotopic (exact) mass is 396 g/mol. The van der Waals surface area contributed by atoms with E-state index in [1.54, 1.807) is 32.4 Å². The van der Waals surface area contributed by atoms with Gasteiger partial charge in [0.25, 0.3) is 0 Å². The molecule has 0 aliphatic carbocycles. The van der Waals surface area contributed by atoms with Crippen molar-refractivity contribution in [1.82, 2.24) is 20.0 Å². The van der Waals surface area contributed by atoms with Crippen LogP contribution in [0.2, 0.25) is 0 Å². The number of benzene rings is 1. The number of nitrogens with zero attached hydrogens (tertiary/aromatic N) is 4. The molecule has 0 aliphatic rings. The highest BCUT2D eigenvalue weighted by Crippen LogP contribution is 2.27. The summed E-state index contributed by atoms with van der Waals surface area (Å²) in [6, 6.07) is 12.8. The first-order valence-electron chi connectivity index (χ1n) is 9.25. The molecule has 0 radical (unpaired) electrons. The first kappa shape index (κ1) is 20.5. The van der Waals surface area contributed by atoms with Crippen LogP contribution in [0.3, 0.4) is 0 Å². The molecule has 1 aromatic carbocycles. The molecular formula is C21H24N4O4. The van der Waals surface area contributed by atoms with Gasteiger partial charge in [-0.3, -0.25) is 9.78 Å². The number of ether oxygens (including phenoxy) is 2. The number of para-hydroxylation sites is 1. The van der Waals surface area contributed by atoms with Gasteiger partial charge in [-0.05, 0) is 24.3 Å². The minimum absolute atomic E-state index is 0.0604. The Labute approximate surface area is 169 Å². The smallest absolute Gasteiger partial charge is 0.227 e. The Morgan fingerprint density at radius 2 is 1.97 bits per heavy atom. The molecule has 0 bridgehead atoms. The summed E-state index contributed by atoms with van der Waals surface area (Å²) in [5.41, 5.74) is 1.52. The third kappa shape index (κ3) is 4.97. The number of rotatable bonds is 9. The van der Waals surface area contributed by atoms with Crippen molar-refractivity contribution in [3.05, 3.63) is 60.2 Å². The standard InChI is InChI=1S/C21H24N4O4/c1-25(17(14-27-2)16-9-6-7-13-22-16)20(26)12-11-19-23-21(24-29-19)15-8-4-5-10-18(15)28-3/h4-10,13,17H,11-12,14H2,1-3H3/t17-/m1/s1. The maximum Gasteiger partial charge on any atom is 0.227 e. The van der Waals surface area contributed by atoms with Crippen LogP contribution >= 0.6 is 0 Å². The van der Waals surface area contributed by atoms with E-state index in [9.17, 15) is 4.79 Å². The van der Waals surface area contributed by atoms with Gasteiger partial charge < -0.3 is 18.9 Å². The summed E-state index contributed by atoms with van der Waals surface area (Å²) in [5.74, 6) is 1.43. The van der Waals surface area contributed by atoms with Crippen LogP contribution in [-0.2, 0) is 16.0 Å². The number of hydrogen-bond acceptors (Lipinski definition) is 7. The third-order valence-electron chi connectivity index (χ3n) is 4.58. The summed E-state index contributed by atoms with van der Waals surface area (Å²) >= 11 is 0. The van der Waals surface area contributed by atoms with Crippen LogP contribution in [0.15, 0.2) is 53.2 Å². The molecular weight excluding hydrogens is 372 g/mol. The Kier molecular flexibility index (Phi) is 6.91. The molecule has 0 spiro atoms. The van der Waals surface area contributed by atoms with Gasteiger partial charge in [-0.25, -0.2) is 0 Å². The Bertz CT molecular complexity index is 929. The average molecular weight is 396 g/mol. The Morgan fingerprint density at radius 1 is 1.17 bits per heavy atom. The maximum absolute atomic E-state index is 12.7. The molecule has 2 heterocycles. The molecule has 0 fully saturated rings. The number of aromatic nitrogens is 3. The number of carbonyl (C=O) groups is 1. The second-order valence-electron chi connectivity index (χ2n) is 6.44. The maximum atomic E-state index is 12.7. The van der Waals surface area contributed by atoms with Gasteiger partial charge in [0.05, 0.1) is 31.0 Å². The molecule has 3 rings (SSSR count). The normalized spacial score (nSPS) is 11.8. The fourth-order valence-electron chi connectivity index (χ4n) is 2.99. The summed E-state index contributed by atoms with van der Waals surface area (Å²) in [6.45, 7) is 0.359. The van der Waals surface area contributed by atoms with Crippen molar-refractivity contribution < 1.29 is 18.8 Å². The van der Waals surface area contributed by atoms with Crippen LogP contribution in [0.1, 0.15) is 24.0 Å². The lowest BCUT2D eigenvalue weighted by atomic mass is 10.1. The molecule has 0 saturated carbocycles. The minimum atomic E-state index is -0.263. The van der Waals surface area contributed by atoms with Crippen LogP contribution in [0.4, 0.5) is 0 Å². The van der Waals surface area contributed by atoms with Crippen molar-refractivity contribution >= 4 is 5.91 Å². The number of likely N-dealkylation sites (N-methyl/N-ethyl adjacent to an activating group) is 1. The lowest BCUT2D eigenvalue weighted by molar-refractivity contribution is -0.133. The molecule has 29 heavy (non-hydrogen) atoms. The Balaban J connectivity index is 1.65. The molecule has 0 unspecified atom stereocenters. The largest absolute Gasteiger partial charge is 0.496 e. The first-order valence-corrected chi connectivity index (χ1v) is 9.25. The number of aryl methyl sites for hydroxylation is 1. The van der Waals surface area contributed by atoms with Crippen molar-refractivity contribution in [2.75, 3.05) is 27.9 Å². The second-order valence-corrected chi connectivity index (χ2v) is 6.44. The summed E-state index contributed by atoms with van der Waals surface area (Å²) in [4.78, 5) is 23.1. The van der Waals surface area contributed by atoms with E-state index in [-0.39, 0.29) is 18.4 Å². The second kappa shape index (κ2) is 9.79. The van der Waals surface area contributed by atoms with E-state index in [1.807, 2.05) is 42.5 Å². The number of hydrogen-bond donors (Lipinski definition) is 0. The van der Waals surface area contributed by atoms with Gasteiger partial charge in [0.1, 0.15) is 5.75 Å². The zero-order valence-corrected chi connectivity index (χ0v) is 16.7.